The van der Waals surface area contributed by atoms with Gasteiger partial charge in [0.25, 0.3) is 0 Å². The fourth-order valence-electron chi connectivity index (χ4n) is 5.14. The number of nitrogens with zero attached hydrogens (tertiary/aromatic N) is 2. The maximum Gasteiger partial charge on any atom is 0.187 e. The van der Waals surface area contributed by atoms with Crippen LogP contribution in [0.4, 0.5) is 0 Å². The van der Waals surface area contributed by atoms with E-state index in [2.05, 4.69) is 72.8 Å². The van der Waals surface area contributed by atoms with Crippen LogP contribution >= 0.6 is 0 Å². The topological polar surface area (TPSA) is 101 Å². The molecule has 1 saturated heterocycles. The molecule has 192 valence electrons. The van der Waals surface area contributed by atoms with Crippen LogP contribution in [0, 0.1) is 0 Å². The summed E-state index contributed by atoms with van der Waals surface area (Å²) in [5.41, 5.74) is 11.3. The normalized spacial score (nSPS) is 24.6. The maximum absolute atomic E-state index is 7.05. The number of hydrogen-bond donors (Lipinski definition) is 4. The van der Waals surface area contributed by atoms with Gasteiger partial charge < -0.3 is 40.1 Å². The third-order valence-corrected chi connectivity index (χ3v) is 19.1. The number of nitrogens with one attached hydrogen (secondary N) is 2. The van der Waals surface area contributed by atoms with Crippen LogP contribution in [0.5, 0.6) is 0 Å². The molecule has 0 spiro atoms. The van der Waals surface area contributed by atoms with Gasteiger partial charge in [-0.05, 0) is 52.4 Å². The Hall–Kier alpha value is 0.548. The third-order valence-electron chi connectivity index (χ3n) is 5.37. The molecule has 6 N–H and O–H groups in total. The highest BCUT2D eigenvalue weighted by atomic mass is 28.4. The summed E-state index contributed by atoms with van der Waals surface area (Å²) in [6.45, 7) is 26.3. The molecule has 8 nitrogen and oxygen atoms in total. The molecule has 1 rings (SSSR count). The molecule has 0 aromatic heterocycles. The van der Waals surface area contributed by atoms with Gasteiger partial charge >= 0.3 is 0 Å². The van der Waals surface area contributed by atoms with E-state index in [1.165, 1.54) is 0 Å². The Balaban J connectivity index is 3.04. The molecule has 0 radical (unpaired) electrons. The van der Waals surface area contributed by atoms with Gasteiger partial charge in [0.2, 0.25) is 0 Å². The van der Waals surface area contributed by atoms with Gasteiger partial charge in [-0.25, -0.2) is 0 Å². The largest absolute Gasteiger partial charge is 0.454 e. The first kappa shape index (κ1) is 30.6. The summed E-state index contributed by atoms with van der Waals surface area (Å²) in [4.78, 5) is 5.26. The lowest BCUT2D eigenvalue weighted by atomic mass is 10.5. The van der Waals surface area contributed by atoms with Crippen LogP contribution in [0.2, 0.25) is 52.4 Å². The van der Waals surface area contributed by atoms with Gasteiger partial charge in [-0.3, -0.25) is 0 Å². The second-order valence-electron chi connectivity index (χ2n) is 11.7. The summed E-state index contributed by atoms with van der Waals surface area (Å²) < 4.78 is 14.1. The molecule has 0 saturated carbocycles. The van der Waals surface area contributed by atoms with Crippen LogP contribution in [-0.4, -0.2) is 120 Å². The highest BCUT2D eigenvalue weighted by molar-refractivity contribution is 6.86. The SMILES string of the molecule is C[Si]1(C)CN(CCNCCN)C[Si](C)(C)O[Si](C)(C)CN(CCNCCN)C[Si](C)(C)O1. The van der Waals surface area contributed by atoms with E-state index in [1.54, 1.807) is 0 Å². The van der Waals surface area contributed by atoms with Gasteiger partial charge in [-0.15, -0.1) is 0 Å². The fraction of sp³-hybridized carbons (Fsp3) is 1.00. The lowest BCUT2D eigenvalue weighted by molar-refractivity contribution is 0.297. The van der Waals surface area contributed by atoms with Crippen molar-refractivity contribution >= 4 is 33.3 Å². The number of hydrogen-bond acceptors (Lipinski definition) is 8. The maximum atomic E-state index is 7.05. The van der Waals surface area contributed by atoms with E-state index in [-0.39, 0.29) is 0 Å². The summed E-state index contributed by atoms with van der Waals surface area (Å²) >= 11 is 0. The van der Waals surface area contributed by atoms with Crippen LogP contribution in [0.25, 0.3) is 0 Å². The van der Waals surface area contributed by atoms with Crippen molar-refractivity contribution in [2.24, 2.45) is 11.5 Å². The van der Waals surface area contributed by atoms with E-state index in [9.17, 15) is 0 Å². The predicted molar refractivity (Wildman–Crippen MR) is 149 cm³/mol. The molecule has 1 heterocycles. The second kappa shape index (κ2) is 13.6. The minimum Gasteiger partial charge on any atom is -0.454 e. The van der Waals surface area contributed by atoms with Gasteiger partial charge in [-0.1, -0.05) is 0 Å². The summed E-state index contributed by atoms with van der Waals surface area (Å²) in [5.74, 6) is 0. The van der Waals surface area contributed by atoms with Crippen molar-refractivity contribution in [3.63, 3.8) is 0 Å². The van der Waals surface area contributed by atoms with E-state index in [1.807, 2.05) is 0 Å². The molecule has 1 fully saturated rings. The van der Waals surface area contributed by atoms with Gasteiger partial charge in [0, 0.05) is 77.0 Å². The van der Waals surface area contributed by atoms with Crippen molar-refractivity contribution in [2.45, 2.75) is 52.4 Å². The summed E-state index contributed by atoms with van der Waals surface area (Å²) in [5, 5.41) is 6.94. The quantitative estimate of drug-likeness (QED) is 0.246. The molecule has 0 bridgehead atoms. The molecule has 1 aliphatic rings. The van der Waals surface area contributed by atoms with Crippen LogP contribution in [0.1, 0.15) is 0 Å². The Morgan fingerprint density at radius 3 is 1.09 bits per heavy atom. The number of rotatable bonds is 10. The van der Waals surface area contributed by atoms with Crippen molar-refractivity contribution in [3.05, 3.63) is 0 Å². The molecule has 0 aliphatic carbocycles. The molecule has 0 amide bonds. The summed E-state index contributed by atoms with van der Waals surface area (Å²) in [7, 11) is -7.40. The molecule has 0 unspecified atom stereocenters. The lowest BCUT2D eigenvalue weighted by Crippen LogP contribution is -2.63. The Morgan fingerprint density at radius 1 is 0.562 bits per heavy atom. The van der Waals surface area contributed by atoms with Crippen molar-refractivity contribution in [1.29, 1.82) is 0 Å². The summed E-state index contributed by atoms with van der Waals surface area (Å²) in [6, 6.07) is 0. The van der Waals surface area contributed by atoms with Gasteiger partial charge in [0.15, 0.2) is 33.3 Å². The van der Waals surface area contributed by atoms with Crippen LogP contribution in [0.15, 0.2) is 0 Å². The van der Waals surface area contributed by atoms with Crippen LogP contribution < -0.4 is 22.1 Å². The zero-order chi connectivity index (χ0) is 24.5. The summed E-state index contributed by atoms with van der Waals surface area (Å²) in [6.07, 6.45) is 4.25. The first-order chi connectivity index (χ1) is 14.7. The first-order valence-corrected chi connectivity index (χ1v) is 24.8. The molecule has 32 heavy (non-hydrogen) atoms. The average molecular weight is 523 g/mol. The van der Waals surface area contributed by atoms with Gasteiger partial charge in [-0.2, -0.15) is 0 Å². The van der Waals surface area contributed by atoms with E-state index in [0.717, 1.165) is 63.9 Å². The lowest BCUT2D eigenvalue weighted by Gasteiger charge is -2.45. The molecular formula is C20H54N6O2Si4. The highest BCUT2D eigenvalue weighted by Crippen LogP contribution is 2.23. The molecule has 1 aliphatic heterocycles. The Morgan fingerprint density at radius 2 is 0.844 bits per heavy atom. The minimum atomic E-state index is -1.85. The van der Waals surface area contributed by atoms with E-state index in [0.29, 0.717) is 13.1 Å². The standard InChI is InChI=1S/C20H54N6O2Si4/c1-29(2)17-25(15-13-23-11-9-21)18-31(5,6)28-32(7,8)20-26(16-14-24-12-10-22)19-30(3,4)27-29/h23-24H,9-22H2,1-8H3. The first-order valence-electron chi connectivity index (χ1n) is 12.4. The van der Waals surface area contributed by atoms with Crippen LogP contribution in [0.3, 0.4) is 0 Å². The van der Waals surface area contributed by atoms with Crippen molar-refractivity contribution in [3.8, 4) is 0 Å². The van der Waals surface area contributed by atoms with Gasteiger partial charge in [0.05, 0.1) is 0 Å². The second-order valence-corrected chi connectivity index (χ2v) is 28.7. The van der Waals surface area contributed by atoms with E-state index < -0.39 is 33.3 Å². The zero-order valence-electron chi connectivity index (χ0n) is 22.4. The average Bonchev–Trinajstić information content (AvgIpc) is 2.57. The Bertz CT molecular complexity index is 462. The Labute approximate surface area is 202 Å². The predicted octanol–water partition coefficient (Wildman–Crippen LogP) is 0.711. The van der Waals surface area contributed by atoms with E-state index in [4.69, 9.17) is 19.7 Å². The number of nitrogens with two attached hydrogens (primary N) is 2. The Kier molecular flexibility index (Phi) is 13.0. The van der Waals surface area contributed by atoms with Crippen molar-refractivity contribution in [2.75, 3.05) is 77.0 Å². The zero-order valence-corrected chi connectivity index (χ0v) is 26.4. The minimum absolute atomic E-state index is 0.685. The van der Waals surface area contributed by atoms with Crippen molar-refractivity contribution in [1.82, 2.24) is 20.4 Å². The third kappa shape index (κ3) is 13.4. The van der Waals surface area contributed by atoms with Crippen molar-refractivity contribution < 1.29 is 8.23 Å². The monoisotopic (exact) mass is 522 g/mol. The highest BCUT2D eigenvalue weighted by Gasteiger charge is 2.41. The molecule has 0 aromatic rings. The van der Waals surface area contributed by atoms with Crippen LogP contribution in [-0.2, 0) is 8.23 Å². The smallest absolute Gasteiger partial charge is 0.187 e. The van der Waals surface area contributed by atoms with E-state index >= 15 is 0 Å². The fourth-order valence-corrected chi connectivity index (χ4v) is 24.0. The van der Waals surface area contributed by atoms with Gasteiger partial charge in [0.1, 0.15) is 0 Å². The molecule has 0 aromatic carbocycles. The molecular weight excluding hydrogens is 469 g/mol. The molecule has 0 atom stereocenters. The molecule has 12 heteroatoms.